The molecular formula is C14H21NO5. The van der Waals surface area contributed by atoms with E-state index < -0.39 is 5.97 Å². The van der Waals surface area contributed by atoms with Crippen molar-refractivity contribution < 1.29 is 24.2 Å². The lowest BCUT2D eigenvalue weighted by atomic mass is 10.4. The SMILES string of the molecule is C=CCC(=O)O.C=CN1CCCC1=O.C=COC(C)=O. The lowest BCUT2D eigenvalue weighted by Gasteiger charge is -2.05. The van der Waals surface area contributed by atoms with Crippen LogP contribution in [-0.4, -0.2) is 34.4 Å². The Balaban J connectivity index is 0. The fraction of sp³-hybridized carbons (Fsp3) is 0.357. The Morgan fingerprint density at radius 3 is 2.10 bits per heavy atom. The second-order valence-electron chi connectivity index (χ2n) is 3.54. The van der Waals surface area contributed by atoms with Crippen LogP contribution in [0.4, 0.5) is 0 Å². The molecule has 0 saturated carbocycles. The minimum atomic E-state index is -0.829. The average molecular weight is 283 g/mol. The van der Waals surface area contributed by atoms with Crippen LogP contribution in [0, 0.1) is 0 Å². The van der Waals surface area contributed by atoms with Crippen LogP contribution in [-0.2, 0) is 19.1 Å². The van der Waals surface area contributed by atoms with E-state index in [4.69, 9.17) is 5.11 Å². The molecule has 1 aliphatic heterocycles. The van der Waals surface area contributed by atoms with E-state index in [1.165, 1.54) is 13.0 Å². The lowest BCUT2D eigenvalue weighted by molar-refractivity contribution is -0.136. The monoisotopic (exact) mass is 283 g/mol. The summed E-state index contributed by atoms with van der Waals surface area (Å²) in [7, 11) is 0. The summed E-state index contributed by atoms with van der Waals surface area (Å²) in [5.74, 6) is -0.949. The molecule has 1 heterocycles. The fourth-order valence-electron chi connectivity index (χ4n) is 1.10. The zero-order chi connectivity index (χ0) is 16.0. The van der Waals surface area contributed by atoms with Gasteiger partial charge >= 0.3 is 11.9 Å². The van der Waals surface area contributed by atoms with E-state index in [-0.39, 0.29) is 18.3 Å². The highest BCUT2D eigenvalue weighted by Crippen LogP contribution is 2.08. The number of hydrogen-bond acceptors (Lipinski definition) is 4. The van der Waals surface area contributed by atoms with E-state index in [0.717, 1.165) is 19.2 Å². The van der Waals surface area contributed by atoms with Gasteiger partial charge in [-0.15, -0.1) is 6.58 Å². The number of carboxylic acids is 1. The van der Waals surface area contributed by atoms with Gasteiger partial charge in [-0.25, -0.2) is 0 Å². The highest BCUT2D eigenvalue weighted by molar-refractivity contribution is 5.78. The van der Waals surface area contributed by atoms with Crippen molar-refractivity contribution in [3.63, 3.8) is 0 Å². The molecule has 6 nitrogen and oxygen atoms in total. The maximum atomic E-state index is 10.7. The number of likely N-dealkylation sites (tertiary alicyclic amines) is 1. The van der Waals surface area contributed by atoms with Gasteiger partial charge in [0.2, 0.25) is 5.91 Å². The Hall–Kier alpha value is -2.37. The lowest BCUT2D eigenvalue weighted by Crippen LogP contribution is -2.16. The molecule has 0 aromatic heterocycles. The zero-order valence-electron chi connectivity index (χ0n) is 11.7. The number of carbonyl (C=O) groups excluding carboxylic acids is 2. The molecule has 1 amide bonds. The molecule has 1 saturated heterocycles. The molecule has 1 rings (SSSR count). The molecule has 0 bridgehead atoms. The summed E-state index contributed by atoms with van der Waals surface area (Å²) in [6.07, 6.45) is 5.79. The molecule has 1 aliphatic rings. The zero-order valence-corrected chi connectivity index (χ0v) is 11.7. The predicted molar refractivity (Wildman–Crippen MR) is 75.6 cm³/mol. The number of carbonyl (C=O) groups is 3. The van der Waals surface area contributed by atoms with Crippen molar-refractivity contribution in [2.75, 3.05) is 6.54 Å². The highest BCUT2D eigenvalue weighted by atomic mass is 16.5. The second kappa shape index (κ2) is 13.1. The molecule has 112 valence electrons. The number of hydrogen-bond donors (Lipinski definition) is 1. The number of amides is 1. The van der Waals surface area contributed by atoms with Crippen molar-refractivity contribution in [3.05, 3.63) is 38.3 Å². The minimum Gasteiger partial charge on any atom is -0.481 e. The third-order valence-electron chi connectivity index (χ3n) is 1.90. The number of ether oxygens (including phenoxy) is 1. The summed E-state index contributed by atoms with van der Waals surface area (Å²) in [5, 5.41) is 7.84. The molecule has 0 atom stereocenters. The largest absolute Gasteiger partial charge is 0.481 e. The van der Waals surface area contributed by atoms with Crippen LogP contribution in [0.1, 0.15) is 26.2 Å². The van der Waals surface area contributed by atoms with Crippen molar-refractivity contribution in [2.24, 2.45) is 0 Å². The summed E-state index contributed by atoms with van der Waals surface area (Å²) in [6.45, 7) is 12.1. The molecular weight excluding hydrogens is 262 g/mol. The smallest absolute Gasteiger partial charge is 0.307 e. The molecule has 0 spiro atoms. The molecule has 20 heavy (non-hydrogen) atoms. The van der Waals surface area contributed by atoms with Gasteiger partial charge in [-0.2, -0.15) is 0 Å². The van der Waals surface area contributed by atoms with Crippen molar-refractivity contribution in [1.29, 1.82) is 0 Å². The van der Waals surface area contributed by atoms with Crippen LogP contribution < -0.4 is 0 Å². The molecule has 0 unspecified atom stereocenters. The van der Waals surface area contributed by atoms with Crippen LogP contribution in [0.25, 0.3) is 0 Å². The number of aliphatic carboxylic acids is 1. The quantitative estimate of drug-likeness (QED) is 0.485. The molecule has 0 aliphatic carbocycles. The van der Waals surface area contributed by atoms with E-state index >= 15 is 0 Å². The van der Waals surface area contributed by atoms with Gasteiger partial charge in [0, 0.05) is 19.9 Å². The molecule has 0 aromatic rings. The van der Waals surface area contributed by atoms with E-state index in [1.807, 2.05) is 0 Å². The number of carboxylic acid groups (broad SMARTS) is 1. The van der Waals surface area contributed by atoms with Crippen molar-refractivity contribution in [1.82, 2.24) is 4.90 Å². The van der Waals surface area contributed by atoms with Crippen LogP contribution in [0.3, 0.4) is 0 Å². The standard InChI is InChI=1S/C6H9NO.2C4H6O2/c1-2-7-5-3-4-6(7)8;1-3-6-4(2)5;1-2-3-4(5)6/h2H,1,3-5H2;3H,1H2,2H3;2H,1,3H2,(H,5,6). The van der Waals surface area contributed by atoms with E-state index in [9.17, 15) is 14.4 Å². The Kier molecular flexibility index (Phi) is 13.0. The third-order valence-corrected chi connectivity index (χ3v) is 1.90. The number of rotatable bonds is 4. The minimum absolute atomic E-state index is 0.0556. The normalized spacial score (nSPS) is 12.1. The number of nitrogens with zero attached hydrogens (tertiary/aromatic N) is 1. The summed E-state index contributed by atoms with van der Waals surface area (Å²) in [5.41, 5.74) is 0. The summed E-state index contributed by atoms with van der Waals surface area (Å²) in [6, 6.07) is 0. The number of esters is 1. The van der Waals surface area contributed by atoms with Crippen molar-refractivity contribution in [3.8, 4) is 0 Å². The summed E-state index contributed by atoms with van der Waals surface area (Å²) in [4.78, 5) is 31.6. The molecule has 0 radical (unpaired) electrons. The Bertz CT molecular complexity index is 343. The molecule has 0 aromatic carbocycles. The summed E-state index contributed by atoms with van der Waals surface area (Å²) >= 11 is 0. The maximum Gasteiger partial charge on any atom is 0.307 e. The van der Waals surface area contributed by atoms with Gasteiger partial charge in [0.1, 0.15) is 0 Å². The van der Waals surface area contributed by atoms with Crippen molar-refractivity contribution in [2.45, 2.75) is 26.2 Å². The van der Waals surface area contributed by atoms with Gasteiger partial charge < -0.3 is 14.7 Å². The summed E-state index contributed by atoms with van der Waals surface area (Å²) < 4.78 is 4.17. The Morgan fingerprint density at radius 1 is 1.40 bits per heavy atom. The van der Waals surface area contributed by atoms with Gasteiger partial charge in [0.25, 0.3) is 0 Å². The molecule has 6 heteroatoms. The first-order valence-corrected chi connectivity index (χ1v) is 5.91. The van der Waals surface area contributed by atoms with E-state index in [2.05, 4.69) is 24.5 Å². The maximum absolute atomic E-state index is 10.7. The first kappa shape index (κ1) is 20.0. The average Bonchev–Trinajstić information content (AvgIpc) is 2.76. The Morgan fingerprint density at radius 2 is 2.00 bits per heavy atom. The van der Waals surface area contributed by atoms with Crippen LogP contribution in [0.5, 0.6) is 0 Å². The third kappa shape index (κ3) is 13.7. The first-order chi connectivity index (χ1) is 9.38. The predicted octanol–water partition coefficient (Wildman–Crippen LogP) is 2.09. The molecule has 1 N–H and O–H groups in total. The highest BCUT2D eigenvalue weighted by Gasteiger charge is 2.15. The first-order valence-electron chi connectivity index (χ1n) is 5.91. The topological polar surface area (TPSA) is 83.9 Å². The Labute approximate surface area is 119 Å². The fourth-order valence-corrected chi connectivity index (χ4v) is 1.10. The van der Waals surface area contributed by atoms with Crippen LogP contribution in [0.15, 0.2) is 38.3 Å². The molecule has 1 fully saturated rings. The van der Waals surface area contributed by atoms with E-state index in [1.54, 1.807) is 11.1 Å². The second-order valence-corrected chi connectivity index (χ2v) is 3.54. The van der Waals surface area contributed by atoms with Gasteiger partial charge in [0.05, 0.1) is 12.7 Å². The van der Waals surface area contributed by atoms with Gasteiger partial charge in [-0.3, -0.25) is 14.4 Å². The van der Waals surface area contributed by atoms with Crippen LogP contribution >= 0.6 is 0 Å². The van der Waals surface area contributed by atoms with Gasteiger partial charge in [-0.1, -0.05) is 19.2 Å². The van der Waals surface area contributed by atoms with E-state index in [0.29, 0.717) is 6.42 Å². The van der Waals surface area contributed by atoms with Crippen LogP contribution in [0.2, 0.25) is 0 Å². The van der Waals surface area contributed by atoms with Gasteiger partial charge in [-0.05, 0) is 12.6 Å². The van der Waals surface area contributed by atoms with Crippen molar-refractivity contribution >= 4 is 17.8 Å². The van der Waals surface area contributed by atoms with Gasteiger partial charge in [0.15, 0.2) is 0 Å².